The Morgan fingerprint density at radius 2 is 1.93 bits per heavy atom. The number of carbonyl (C=O) groups is 2. The number of aromatic nitrogens is 1. The van der Waals surface area contributed by atoms with Crippen LogP contribution in [0.1, 0.15) is 64.8 Å². The van der Waals surface area contributed by atoms with Gasteiger partial charge in [-0.1, -0.05) is 12.8 Å². The molecular formula is C18H30Cl2N4O2S. The molecular weight excluding hydrogens is 407 g/mol. The zero-order chi connectivity index (χ0) is 17.8. The first kappa shape index (κ1) is 24.1. The number of aryl methyl sites for hydroxylation is 1. The maximum atomic E-state index is 13.0. The number of nitrogens with one attached hydrogen (secondary N) is 1. The zero-order valence-corrected chi connectivity index (χ0v) is 18.2. The quantitative estimate of drug-likeness (QED) is 0.742. The first-order valence-electron chi connectivity index (χ1n) is 9.34. The fraction of sp³-hybridized carbons (Fsp3) is 0.722. The van der Waals surface area contributed by atoms with Crippen molar-refractivity contribution in [3.05, 3.63) is 15.6 Å². The molecule has 2 heterocycles. The van der Waals surface area contributed by atoms with Crippen LogP contribution in [0.15, 0.2) is 0 Å². The summed E-state index contributed by atoms with van der Waals surface area (Å²) in [6, 6.07) is 0. The highest BCUT2D eigenvalue weighted by molar-refractivity contribution is 7.13. The molecule has 0 bridgehead atoms. The molecule has 1 aliphatic carbocycles. The Kier molecular flexibility index (Phi) is 10.0. The number of likely N-dealkylation sites (tertiary alicyclic amines) is 1. The summed E-state index contributed by atoms with van der Waals surface area (Å²) >= 11 is 1.56. The van der Waals surface area contributed by atoms with E-state index in [0.717, 1.165) is 35.0 Å². The largest absolute Gasteiger partial charge is 0.355 e. The molecule has 0 spiro atoms. The summed E-state index contributed by atoms with van der Waals surface area (Å²) in [6.07, 6.45) is 6.59. The van der Waals surface area contributed by atoms with Gasteiger partial charge in [-0.2, -0.15) is 0 Å². The molecule has 27 heavy (non-hydrogen) atoms. The van der Waals surface area contributed by atoms with E-state index in [2.05, 4.69) is 10.3 Å². The fourth-order valence-electron chi connectivity index (χ4n) is 3.82. The summed E-state index contributed by atoms with van der Waals surface area (Å²) in [5.74, 6) is 0.444. The molecule has 6 nitrogen and oxygen atoms in total. The summed E-state index contributed by atoms with van der Waals surface area (Å²) in [6.45, 7) is 4.06. The van der Waals surface area contributed by atoms with Crippen LogP contribution in [-0.2, 0) is 4.79 Å². The van der Waals surface area contributed by atoms with Gasteiger partial charge < -0.3 is 16.0 Å². The van der Waals surface area contributed by atoms with Crippen molar-refractivity contribution in [2.45, 2.75) is 51.4 Å². The molecule has 1 aliphatic heterocycles. The molecule has 1 aromatic heterocycles. The van der Waals surface area contributed by atoms with Gasteiger partial charge in [0.15, 0.2) is 0 Å². The Bertz CT molecular complexity index is 635. The Balaban J connectivity index is 0.00000182. The van der Waals surface area contributed by atoms with Crippen molar-refractivity contribution in [1.29, 1.82) is 0 Å². The van der Waals surface area contributed by atoms with Gasteiger partial charge in [0, 0.05) is 32.1 Å². The third-order valence-corrected chi connectivity index (χ3v) is 6.54. The van der Waals surface area contributed by atoms with Crippen LogP contribution in [0.25, 0.3) is 0 Å². The monoisotopic (exact) mass is 436 g/mol. The van der Waals surface area contributed by atoms with Gasteiger partial charge in [0.1, 0.15) is 4.88 Å². The highest BCUT2D eigenvalue weighted by Gasteiger charge is 2.31. The van der Waals surface area contributed by atoms with Gasteiger partial charge in [-0.3, -0.25) is 9.59 Å². The van der Waals surface area contributed by atoms with E-state index in [-0.39, 0.29) is 42.5 Å². The minimum atomic E-state index is -0.133. The number of thiazole rings is 1. The van der Waals surface area contributed by atoms with E-state index in [9.17, 15) is 9.59 Å². The standard InChI is InChI=1S/C18H28N4O2S.2ClH/c1-12-15(25-17(21-12)13-5-2-3-6-13)18(24)22-10-4-7-14(11-22)16(23)20-9-8-19;;/h13-14H,2-11,19H2,1H3,(H,20,23);2*1H. The number of rotatable bonds is 5. The minimum Gasteiger partial charge on any atom is -0.355 e. The molecule has 2 amide bonds. The van der Waals surface area contributed by atoms with Gasteiger partial charge in [-0.15, -0.1) is 36.2 Å². The second-order valence-electron chi connectivity index (χ2n) is 7.12. The molecule has 2 fully saturated rings. The lowest BCUT2D eigenvalue weighted by Crippen LogP contribution is -2.46. The van der Waals surface area contributed by atoms with Crippen LogP contribution in [0.3, 0.4) is 0 Å². The molecule has 3 N–H and O–H groups in total. The van der Waals surface area contributed by atoms with Crippen molar-refractivity contribution >= 4 is 48.0 Å². The maximum absolute atomic E-state index is 13.0. The topological polar surface area (TPSA) is 88.3 Å². The van der Waals surface area contributed by atoms with Gasteiger partial charge in [0.05, 0.1) is 16.6 Å². The number of hydrogen-bond acceptors (Lipinski definition) is 5. The van der Waals surface area contributed by atoms with Crippen molar-refractivity contribution in [3.63, 3.8) is 0 Å². The summed E-state index contributed by atoms with van der Waals surface area (Å²) in [5, 5.41) is 3.96. The molecule has 1 saturated heterocycles. The Hall–Kier alpha value is -0.890. The van der Waals surface area contributed by atoms with Crippen LogP contribution in [0, 0.1) is 12.8 Å². The number of nitrogens with zero attached hydrogens (tertiary/aromatic N) is 2. The van der Waals surface area contributed by atoms with Gasteiger partial charge in [-0.25, -0.2) is 4.98 Å². The molecule has 1 atom stereocenters. The number of nitrogens with two attached hydrogens (primary N) is 1. The lowest BCUT2D eigenvalue weighted by molar-refractivity contribution is -0.126. The lowest BCUT2D eigenvalue weighted by Gasteiger charge is -2.31. The second kappa shape index (κ2) is 11.2. The van der Waals surface area contributed by atoms with Crippen LogP contribution < -0.4 is 11.1 Å². The van der Waals surface area contributed by atoms with E-state index in [1.807, 2.05) is 11.8 Å². The van der Waals surface area contributed by atoms with E-state index >= 15 is 0 Å². The Morgan fingerprint density at radius 1 is 1.22 bits per heavy atom. The van der Waals surface area contributed by atoms with Crippen molar-refractivity contribution < 1.29 is 9.59 Å². The lowest BCUT2D eigenvalue weighted by atomic mass is 9.97. The second-order valence-corrected chi connectivity index (χ2v) is 8.15. The number of halogens is 2. The normalized spacial score (nSPS) is 19.9. The molecule has 3 rings (SSSR count). The molecule has 1 aromatic rings. The van der Waals surface area contributed by atoms with E-state index in [4.69, 9.17) is 5.73 Å². The predicted molar refractivity (Wildman–Crippen MR) is 113 cm³/mol. The van der Waals surface area contributed by atoms with Gasteiger partial charge in [0.25, 0.3) is 5.91 Å². The number of carbonyl (C=O) groups excluding carboxylic acids is 2. The minimum absolute atomic E-state index is 0. The number of piperidine rings is 1. The zero-order valence-electron chi connectivity index (χ0n) is 15.7. The van der Waals surface area contributed by atoms with E-state index < -0.39 is 0 Å². The first-order chi connectivity index (χ1) is 12.1. The van der Waals surface area contributed by atoms with Crippen LogP contribution in [0.4, 0.5) is 0 Å². The predicted octanol–water partition coefficient (Wildman–Crippen LogP) is 2.88. The Labute approximate surface area is 177 Å². The molecule has 0 aromatic carbocycles. The van der Waals surface area contributed by atoms with E-state index in [1.165, 1.54) is 25.7 Å². The average Bonchev–Trinajstić information content (AvgIpc) is 3.28. The fourth-order valence-corrected chi connectivity index (χ4v) is 5.03. The number of amides is 2. The van der Waals surface area contributed by atoms with Crippen LogP contribution >= 0.6 is 36.2 Å². The van der Waals surface area contributed by atoms with Crippen molar-refractivity contribution in [3.8, 4) is 0 Å². The third-order valence-electron chi connectivity index (χ3n) is 5.23. The van der Waals surface area contributed by atoms with Gasteiger partial charge >= 0.3 is 0 Å². The molecule has 1 saturated carbocycles. The summed E-state index contributed by atoms with van der Waals surface area (Å²) in [4.78, 5) is 32.4. The molecule has 9 heteroatoms. The van der Waals surface area contributed by atoms with Crippen molar-refractivity contribution in [2.75, 3.05) is 26.2 Å². The van der Waals surface area contributed by atoms with Gasteiger partial charge in [-0.05, 0) is 32.6 Å². The van der Waals surface area contributed by atoms with Crippen LogP contribution in [-0.4, -0.2) is 47.9 Å². The average molecular weight is 437 g/mol. The third kappa shape index (κ3) is 5.79. The molecule has 0 radical (unpaired) electrons. The van der Waals surface area contributed by atoms with E-state index in [1.54, 1.807) is 11.3 Å². The SMILES string of the molecule is Cc1nc(C2CCCC2)sc1C(=O)N1CCCC(C(=O)NCCN)C1.Cl.Cl. The van der Waals surface area contributed by atoms with Gasteiger partial charge in [0.2, 0.25) is 5.91 Å². The summed E-state index contributed by atoms with van der Waals surface area (Å²) in [5.41, 5.74) is 6.28. The van der Waals surface area contributed by atoms with Crippen molar-refractivity contribution in [2.24, 2.45) is 11.7 Å². The van der Waals surface area contributed by atoms with Crippen LogP contribution in [0.2, 0.25) is 0 Å². The smallest absolute Gasteiger partial charge is 0.265 e. The summed E-state index contributed by atoms with van der Waals surface area (Å²) in [7, 11) is 0. The maximum Gasteiger partial charge on any atom is 0.265 e. The summed E-state index contributed by atoms with van der Waals surface area (Å²) < 4.78 is 0. The van der Waals surface area contributed by atoms with Crippen LogP contribution in [0.5, 0.6) is 0 Å². The van der Waals surface area contributed by atoms with Crippen molar-refractivity contribution in [1.82, 2.24) is 15.2 Å². The first-order valence-corrected chi connectivity index (χ1v) is 10.2. The van der Waals surface area contributed by atoms with E-state index in [0.29, 0.717) is 25.6 Å². The Morgan fingerprint density at radius 3 is 2.59 bits per heavy atom. The molecule has 2 aliphatic rings. The number of hydrogen-bond donors (Lipinski definition) is 2. The highest BCUT2D eigenvalue weighted by atomic mass is 35.5. The molecule has 154 valence electrons. The molecule has 1 unspecified atom stereocenters. The highest BCUT2D eigenvalue weighted by Crippen LogP contribution is 2.37.